The van der Waals surface area contributed by atoms with Gasteiger partial charge in [-0.15, -0.1) is 10.2 Å². The summed E-state index contributed by atoms with van der Waals surface area (Å²) in [7, 11) is 0. The minimum Gasteiger partial charge on any atom is -0.493 e. The molecule has 1 aliphatic carbocycles. The molecule has 42 heavy (non-hydrogen) atoms. The molecule has 9 nitrogen and oxygen atoms in total. The summed E-state index contributed by atoms with van der Waals surface area (Å²) in [6, 6.07) is 4.45. The third kappa shape index (κ3) is 6.30. The van der Waals surface area contributed by atoms with Gasteiger partial charge >= 0.3 is 6.18 Å². The van der Waals surface area contributed by atoms with Crippen LogP contribution in [0.15, 0.2) is 30.6 Å². The second-order valence-corrected chi connectivity index (χ2v) is 11.6. The van der Waals surface area contributed by atoms with Crippen LogP contribution in [-0.2, 0) is 30.5 Å². The Hall–Kier alpha value is -3.48. The molecule has 1 amide bonds. The molecule has 1 saturated heterocycles. The number of fused-ring (bicyclic) bond motifs is 1. The molecule has 0 spiro atoms. The van der Waals surface area contributed by atoms with Crippen LogP contribution in [0.3, 0.4) is 0 Å². The minimum atomic E-state index is -4.61. The fraction of sp³-hybridized carbons (Fsp3) is 0.536. The lowest BCUT2D eigenvalue weighted by atomic mass is 9.90. The number of carbonyl (C=O) groups excluding carboxylic acids is 1. The van der Waals surface area contributed by atoms with Gasteiger partial charge in [-0.25, -0.2) is 14.4 Å². The van der Waals surface area contributed by atoms with E-state index < -0.39 is 23.7 Å². The molecule has 2 aliphatic heterocycles. The maximum absolute atomic E-state index is 14.8. The molecular weight excluding hydrogens is 578 g/mol. The highest BCUT2D eigenvalue weighted by Gasteiger charge is 2.43. The average molecular weight is 608 g/mol. The summed E-state index contributed by atoms with van der Waals surface area (Å²) < 4.78 is 60.8. The molecule has 4 heterocycles. The Morgan fingerprint density at radius 1 is 1.07 bits per heavy atom. The fourth-order valence-corrected chi connectivity index (χ4v) is 6.22. The number of hydrogen-bond acceptors (Lipinski definition) is 7. The van der Waals surface area contributed by atoms with Crippen molar-refractivity contribution in [2.24, 2.45) is 17.8 Å². The number of halogens is 5. The van der Waals surface area contributed by atoms with E-state index in [1.54, 1.807) is 18.5 Å². The number of hydrogen-bond donors (Lipinski definition) is 0. The van der Waals surface area contributed by atoms with Gasteiger partial charge in [0, 0.05) is 32.2 Å². The number of benzene rings is 1. The van der Waals surface area contributed by atoms with Crippen molar-refractivity contribution in [1.82, 2.24) is 29.6 Å². The van der Waals surface area contributed by atoms with Crippen molar-refractivity contribution in [2.45, 2.75) is 51.4 Å². The Labute approximate surface area is 244 Å². The van der Waals surface area contributed by atoms with Crippen LogP contribution in [0, 0.1) is 23.6 Å². The van der Waals surface area contributed by atoms with Crippen LogP contribution in [0.25, 0.3) is 0 Å². The van der Waals surface area contributed by atoms with E-state index in [2.05, 4.69) is 25.1 Å². The first-order chi connectivity index (χ1) is 20.2. The summed E-state index contributed by atoms with van der Waals surface area (Å²) in [6.45, 7) is 2.23. The number of ether oxygens (including phenoxy) is 1. The van der Waals surface area contributed by atoms with Gasteiger partial charge in [-0.1, -0.05) is 17.7 Å². The molecule has 3 aromatic rings. The van der Waals surface area contributed by atoms with Crippen LogP contribution in [-0.4, -0.2) is 61.8 Å². The molecule has 0 unspecified atom stereocenters. The number of amides is 1. The molecule has 14 heteroatoms. The van der Waals surface area contributed by atoms with E-state index >= 15 is 0 Å². The van der Waals surface area contributed by atoms with Gasteiger partial charge in [-0.2, -0.15) is 13.2 Å². The lowest BCUT2D eigenvalue weighted by Crippen LogP contribution is -2.40. The van der Waals surface area contributed by atoms with Crippen molar-refractivity contribution in [3.8, 4) is 5.75 Å². The van der Waals surface area contributed by atoms with E-state index in [0.717, 1.165) is 42.9 Å². The van der Waals surface area contributed by atoms with Gasteiger partial charge in [0.1, 0.15) is 11.6 Å². The summed E-state index contributed by atoms with van der Waals surface area (Å²) in [6.07, 6.45) is 2.72. The summed E-state index contributed by atoms with van der Waals surface area (Å²) >= 11 is 5.89. The van der Waals surface area contributed by atoms with Crippen molar-refractivity contribution < 1.29 is 27.1 Å². The number of aromatic nitrogens is 5. The Morgan fingerprint density at radius 2 is 1.83 bits per heavy atom. The van der Waals surface area contributed by atoms with Crippen LogP contribution >= 0.6 is 11.6 Å². The van der Waals surface area contributed by atoms with Gasteiger partial charge in [0.25, 0.3) is 0 Å². The zero-order valence-electron chi connectivity index (χ0n) is 22.7. The highest BCUT2D eigenvalue weighted by atomic mass is 35.5. The molecule has 0 N–H and O–H groups in total. The Balaban J connectivity index is 0.930. The van der Waals surface area contributed by atoms with E-state index in [0.29, 0.717) is 35.1 Å². The zero-order valence-corrected chi connectivity index (χ0v) is 23.5. The maximum atomic E-state index is 14.8. The van der Waals surface area contributed by atoms with E-state index in [4.69, 9.17) is 16.3 Å². The van der Waals surface area contributed by atoms with Crippen molar-refractivity contribution in [3.05, 3.63) is 58.6 Å². The van der Waals surface area contributed by atoms with Crippen molar-refractivity contribution >= 4 is 23.5 Å². The number of anilines is 1. The van der Waals surface area contributed by atoms with Crippen molar-refractivity contribution in [3.63, 3.8) is 0 Å². The van der Waals surface area contributed by atoms with Crippen LogP contribution in [0.4, 0.5) is 23.5 Å². The molecule has 2 atom stereocenters. The predicted molar refractivity (Wildman–Crippen MR) is 144 cm³/mol. The SMILES string of the molecule is O=C(Cc1ccc(OCC[C@@H]2C[C@@H]2C2CCN(c3ncc(Cl)cn3)CC2)cc1F)N1CCn2c(nnc2C(F)(F)F)C1. The number of nitrogens with zero attached hydrogens (tertiary/aromatic N) is 7. The molecular formula is C28H30ClF4N7O2. The van der Waals surface area contributed by atoms with Gasteiger partial charge in [0.15, 0.2) is 5.82 Å². The fourth-order valence-electron chi connectivity index (χ4n) is 6.12. The first kappa shape index (κ1) is 28.6. The first-order valence-electron chi connectivity index (χ1n) is 14.1. The highest BCUT2D eigenvalue weighted by molar-refractivity contribution is 6.30. The standard InChI is InChI=1S/C28H30ClF4N7O2/c29-20-14-34-27(35-15-20)38-6-3-17(4-7-38)22-11-18(22)5-10-42-21-2-1-19(23(30)13-21)12-25(41)39-8-9-40-24(16-39)36-37-26(40)28(31,32)33/h1-2,13-15,17-18,22H,3-12,16H2/t18-,22-/m1/s1. The van der Waals surface area contributed by atoms with Gasteiger partial charge in [-0.05, 0) is 55.1 Å². The summed E-state index contributed by atoms with van der Waals surface area (Å²) in [4.78, 5) is 25.0. The average Bonchev–Trinajstić information content (AvgIpc) is 3.60. The van der Waals surface area contributed by atoms with E-state index in [1.165, 1.54) is 23.5 Å². The molecule has 2 fully saturated rings. The predicted octanol–water partition coefficient (Wildman–Crippen LogP) is 4.79. The third-order valence-corrected chi connectivity index (χ3v) is 8.69. The van der Waals surface area contributed by atoms with E-state index in [1.807, 2.05) is 0 Å². The molecule has 1 aromatic carbocycles. The minimum absolute atomic E-state index is 0.0574. The lowest BCUT2D eigenvalue weighted by molar-refractivity contribution is -0.148. The smallest absolute Gasteiger partial charge is 0.451 e. The molecule has 0 bridgehead atoms. The van der Waals surface area contributed by atoms with Gasteiger partial charge in [0.2, 0.25) is 17.7 Å². The highest BCUT2D eigenvalue weighted by Crippen LogP contribution is 2.50. The molecule has 1 saturated carbocycles. The zero-order chi connectivity index (χ0) is 29.4. The molecule has 2 aromatic heterocycles. The first-order valence-corrected chi connectivity index (χ1v) is 14.4. The van der Waals surface area contributed by atoms with Crippen molar-refractivity contribution in [1.29, 1.82) is 0 Å². The van der Waals surface area contributed by atoms with Crippen LogP contribution < -0.4 is 9.64 Å². The molecule has 3 aliphatic rings. The van der Waals surface area contributed by atoms with Gasteiger partial charge < -0.3 is 19.1 Å². The topological polar surface area (TPSA) is 89.3 Å². The number of alkyl halides is 3. The Morgan fingerprint density at radius 3 is 2.55 bits per heavy atom. The molecule has 0 radical (unpaired) electrons. The Bertz CT molecular complexity index is 1430. The van der Waals surface area contributed by atoms with Crippen LogP contribution in [0.2, 0.25) is 5.02 Å². The number of rotatable bonds is 8. The van der Waals surface area contributed by atoms with E-state index in [9.17, 15) is 22.4 Å². The summed E-state index contributed by atoms with van der Waals surface area (Å²) in [5, 5.41) is 7.33. The maximum Gasteiger partial charge on any atom is 0.451 e. The largest absolute Gasteiger partial charge is 0.493 e. The quantitative estimate of drug-likeness (QED) is 0.340. The second kappa shape index (κ2) is 11.7. The van der Waals surface area contributed by atoms with Gasteiger partial charge in [-0.3, -0.25) is 4.79 Å². The van der Waals surface area contributed by atoms with Crippen molar-refractivity contribution in [2.75, 3.05) is 31.1 Å². The van der Waals surface area contributed by atoms with Crippen LogP contribution in [0.5, 0.6) is 5.75 Å². The third-order valence-electron chi connectivity index (χ3n) is 8.49. The van der Waals surface area contributed by atoms with Gasteiger partial charge in [0.05, 0.1) is 37.0 Å². The normalized spacial score (nSPS) is 20.9. The lowest BCUT2D eigenvalue weighted by Gasteiger charge is -2.32. The van der Waals surface area contributed by atoms with E-state index in [-0.39, 0.29) is 37.4 Å². The monoisotopic (exact) mass is 607 g/mol. The summed E-state index contributed by atoms with van der Waals surface area (Å²) in [5.74, 6) is 1.14. The molecule has 6 rings (SSSR count). The second-order valence-electron chi connectivity index (χ2n) is 11.2. The Kier molecular flexibility index (Phi) is 7.95. The molecule has 224 valence electrons. The van der Waals surface area contributed by atoms with Crippen LogP contribution in [0.1, 0.15) is 42.9 Å². The summed E-state index contributed by atoms with van der Waals surface area (Å²) in [5.41, 5.74) is 0.202. The number of piperidine rings is 1. The number of carbonyl (C=O) groups is 1.